The Bertz CT molecular complexity index is 701. The molecule has 0 bridgehead atoms. The van der Waals surface area contributed by atoms with E-state index in [4.69, 9.17) is 4.74 Å². The number of para-hydroxylation sites is 1. The fraction of sp³-hybridized carbons (Fsp3) is 0.636. The fourth-order valence-corrected chi connectivity index (χ4v) is 4.33. The molecule has 1 atom stereocenters. The van der Waals surface area contributed by atoms with Gasteiger partial charge in [0.15, 0.2) is 0 Å². The lowest BCUT2D eigenvalue weighted by Crippen LogP contribution is -2.42. The Morgan fingerprint density at radius 1 is 1.15 bits per heavy atom. The minimum atomic E-state index is -0.898. The number of benzene rings is 1. The average molecular weight is 373 g/mol. The maximum absolute atomic E-state index is 12.8. The van der Waals surface area contributed by atoms with E-state index in [0.29, 0.717) is 6.42 Å². The molecule has 1 aromatic carbocycles. The van der Waals surface area contributed by atoms with Gasteiger partial charge < -0.3 is 9.84 Å². The van der Waals surface area contributed by atoms with Gasteiger partial charge in [-0.05, 0) is 29.9 Å². The van der Waals surface area contributed by atoms with E-state index in [1.807, 2.05) is 24.3 Å². The monoisotopic (exact) mass is 373 g/mol. The van der Waals surface area contributed by atoms with Crippen molar-refractivity contribution in [3.8, 4) is 5.75 Å². The maximum atomic E-state index is 12.8. The van der Waals surface area contributed by atoms with Crippen LogP contribution in [0.15, 0.2) is 24.3 Å². The molecule has 1 saturated heterocycles. The molecule has 1 N–H and O–H groups in total. The van der Waals surface area contributed by atoms with E-state index in [2.05, 4.69) is 20.8 Å². The number of carbonyl (C=O) groups excluding carboxylic acids is 2. The Kier molecular flexibility index (Phi) is 5.61. The Morgan fingerprint density at radius 2 is 1.81 bits per heavy atom. The number of carbonyl (C=O) groups is 2. The van der Waals surface area contributed by atoms with Gasteiger partial charge in [-0.25, -0.2) is 0 Å². The summed E-state index contributed by atoms with van der Waals surface area (Å²) in [6.07, 6.45) is 4.12. The summed E-state index contributed by atoms with van der Waals surface area (Å²) in [5.74, 6) is 0.476. The molecule has 3 rings (SSSR count). The van der Waals surface area contributed by atoms with Gasteiger partial charge in [-0.2, -0.15) is 0 Å². The van der Waals surface area contributed by atoms with Gasteiger partial charge in [-0.1, -0.05) is 58.2 Å². The van der Waals surface area contributed by atoms with Crippen molar-refractivity contribution in [2.24, 2.45) is 5.41 Å². The number of hydrogen-bond acceptors (Lipinski definition) is 4. The third-order valence-electron chi connectivity index (χ3n) is 5.82. The van der Waals surface area contributed by atoms with Crippen LogP contribution >= 0.6 is 0 Å². The molecule has 2 aliphatic rings. The summed E-state index contributed by atoms with van der Waals surface area (Å²) in [4.78, 5) is 26.5. The highest BCUT2D eigenvalue weighted by Crippen LogP contribution is 2.45. The van der Waals surface area contributed by atoms with Gasteiger partial charge >= 0.3 is 0 Å². The highest BCUT2D eigenvalue weighted by molar-refractivity contribution is 6.06. The summed E-state index contributed by atoms with van der Waals surface area (Å²) < 4.78 is 5.84. The number of nitrogens with zero attached hydrogens (tertiary/aromatic N) is 1. The lowest BCUT2D eigenvalue weighted by atomic mass is 9.73. The zero-order chi connectivity index (χ0) is 19.7. The minimum absolute atomic E-state index is 0.0110. The summed E-state index contributed by atoms with van der Waals surface area (Å²) in [5.41, 5.74) is 0.483. The Morgan fingerprint density at radius 3 is 2.48 bits per heavy atom. The second-order valence-corrected chi connectivity index (χ2v) is 9.04. The Labute approximate surface area is 161 Å². The lowest BCUT2D eigenvalue weighted by molar-refractivity contribution is -0.144. The number of ether oxygens (including phenoxy) is 1. The SMILES string of the molecule is CC(C)(C)c1ccccc1OC[C@H](O)CN1C(=O)CC2(CCCCC2)C1=O. The zero-order valence-corrected chi connectivity index (χ0v) is 16.7. The van der Waals surface area contributed by atoms with Crippen LogP contribution in [0.1, 0.15) is 64.9 Å². The number of rotatable bonds is 5. The van der Waals surface area contributed by atoms with Crippen LogP contribution in [0.4, 0.5) is 0 Å². The Hall–Kier alpha value is -1.88. The molecule has 0 aromatic heterocycles. The van der Waals surface area contributed by atoms with Crippen LogP contribution in [0.5, 0.6) is 5.75 Å². The fourth-order valence-electron chi connectivity index (χ4n) is 4.33. The zero-order valence-electron chi connectivity index (χ0n) is 16.7. The summed E-state index contributed by atoms with van der Waals surface area (Å²) in [6.45, 7) is 6.39. The van der Waals surface area contributed by atoms with Gasteiger partial charge in [0.05, 0.1) is 12.0 Å². The van der Waals surface area contributed by atoms with Crippen LogP contribution in [-0.2, 0) is 15.0 Å². The van der Waals surface area contributed by atoms with E-state index >= 15 is 0 Å². The molecule has 1 spiro atoms. The second-order valence-electron chi connectivity index (χ2n) is 9.04. The van der Waals surface area contributed by atoms with Crippen molar-refractivity contribution in [3.63, 3.8) is 0 Å². The van der Waals surface area contributed by atoms with Crippen molar-refractivity contribution < 1.29 is 19.4 Å². The van der Waals surface area contributed by atoms with E-state index in [1.165, 1.54) is 4.90 Å². The molecule has 148 valence electrons. The van der Waals surface area contributed by atoms with E-state index in [9.17, 15) is 14.7 Å². The highest BCUT2D eigenvalue weighted by atomic mass is 16.5. The number of amides is 2. The van der Waals surface area contributed by atoms with Crippen LogP contribution < -0.4 is 4.74 Å². The van der Waals surface area contributed by atoms with Crippen LogP contribution in [0.25, 0.3) is 0 Å². The van der Waals surface area contributed by atoms with Crippen molar-refractivity contribution >= 4 is 11.8 Å². The first-order valence-corrected chi connectivity index (χ1v) is 9.98. The predicted octanol–water partition coefficient (Wildman–Crippen LogP) is 3.43. The molecule has 2 fully saturated rings. The van der Waals surface area contributed by atoms with Gasteiger partial charge in [0.1, 0.15) is 18.5 Å². The summed E-state index contributed by atoms with van der Waals surface area (Å²) >= 11 is 0. The van der Waals surface area contributed by atoms with Crippen molar-refractivity contribution in [1.82, 2.24) is 4.90 Å². The molecule has 5 nitrogen and oxygen atoms in total. The van der Waals surface area contributed by atoms with Crippen LogP contribution in [-0.4, -0.2) is 41.1 Å². The number of hydrogen-bond donors (Lipinski definition) is 1. The normalized spacial score (nSPS) is 21.0. The topological polar surface area (TPSA) is 66.8 Å². The maximum Gasteiger partial charge on any atom is 0.235 e. The second kappa shape index (κ2) is 7.63. The smallest absolute Gasteiger partial charge is 0.235 e. The van der Waals surface area contributed by atoms with Crippen LogP contribution in [0, 0.1) is 5.41 Å². The van der Waals surface area contributed by atoms with Crippen molar-refractivity contribution in [2.75, 3.05) is 13.2 Å². The number of likely N-dealkylation sites (tertiary alicyclic amines) is 1. The van der Waals surface area contributed by atoms with Gasteiger partial charge in [-0.15, -0.1) is 0 Å². The van der Waals surface area contributed by atoms with Crippen LogP contribution in [0.3, 0.4) is 0 Å². The quantitative estimate of drug-likeness (QED) is 0.803. The summed E-state index contributed by atoms with van der Waals surface area (Å²) in [6, 6.07) is 7.77. The molecule has 1 aliphatic heterocycles. The first-order chi connectivity index (χ1) is 12.7. The molecular formula is C22H31NO4. The predicted molar refractivity (Wildman–Crippen MR) is 103 cm³/mol. The highest BCUT2D eigenvalue weighted by Gasteiger charge is 2.51. The number of imide groups is 1. The van der Waals surface area contributed by atoms with E-state index in [0.717, 1.165) is 43.4 Å². The van der Waals surface area contributed by atoms with Crippen molar-refractivity contribution in [3.05, 3.63) is 29.8 Å². The minimum Gasteiger partial charge on any atom is -0.491 e. The van der Waals surface area contributed by atoms with Crippen LogP contribution in [0.2, 0.25) is 0 Å². The molecule has 1 aliphatic carbocycles. The average Bonchev–Trinajstić information content (AvgIpc) is 2.84. The summed E-state index contributed by atoms with van der Waals surface area (Å²) in [5, 5.41) is 10.4. The molecule has 0 radical (unpaired) electrons. The number of aliphatic hydroxyl groups is 1. The summed E-state index contributed by atoms with van der Waals surface area (Å²) in [7, 11) is 0. The molecule has 1 heterocycles. The van der Waals surface area contributed by atoms with E-state index < -0.39 is 11.5 Å². The van der Waals surface area contributed by atoms with Gasteiger partial charge in [0.2, 0.25) is 11.8 Å². The van der Waals surface area contributed by atoms with Gasteiger partial charge in [0, 0.05) is 6.42 Å². The molecule has 27 heavy (non-hydrogen) atoms. The largest absolute Gasteiger partial charge is 0.491 e. The Balaban J connectivity index is 1.61. The first-order valence-electron chi connectivity index (χ1n) is 9.98. The number of β-amino-alcohol motifs (C(OH)–C–C–N with tert-alkyl or cyclic N) is 1. The van der Waals surface area contributed by atoms with Crippen molar-refractivity contribution in [2.45, 2.75) is 70.8 Å². The molecular weight excluding hydrogens is 342 g/mol. The van der Waals surface area contributed by atoms with Crippen molar-refractivity contribution in [1.29, 1.82) is 0 Å². The molecule has 1 aromatic rings. The standard InChI is InChI=1S/C22H31NO4/c1-21(2,3)17-9-5-6-10-18(17)27-15-16(24)14-23-19(25)13-22(20(23)26)11-7-4-8-12-22/h5-6,9-10,16,24H,4,7-8,11-15H2,1-3H3/t16-/m1/s1. The van der Waals surface area contributed by atoms with E-state index in [-0.39, 0.29) is 30.4 Å². The molecule has 5 heteroatoms. The van der Waals surface area contributed by atoms with E-state index in [1.54, 1.807) is 0 Å². The third kappa shape index (κ3) is 4.18. The third-order valence-corrected chi connectivity index (χ3v) is 5.82. The molecule has 1 saturated carbocycles. The molecule has 2 amide bonds. The molecule has 0 unspecified atom stereocenters. The number of aliphatic hydroxyl groups excluding tert-OH is 1. The first kappa shape index (κ1) is 19.9. The van der Waals surface area contributed by atoms with Gasteiger partial charge in [-0.3, -0.25) is 14.5 Å². The lowest BCUT2D eigenvalue weighted by Gasteiger charge is -2.31. The van der Waals surface area contributed by atoms with Gasteiger partial charge in [0.25, 0.3) is 0 Å².